The van der Waals surface area contributed by atoms with Crippen LogP contribution in [-0.2, 0) is 4.79 Å². The number of amides is 1. The minimum atomic E-state index is -0.0664. The number of halogens is 2. The van der Waals surface area contributed by atoms with Crippen LogP contribution in [0.2, 0.25) is 10.0 Å². The molecule has 1 saturated heterocycles. The van der Waals surface area contributed by atoms with Crippen LogP contribution >= 0.6 is 23.2 Å². The second-order valence-electron chi connectivity index (χ2n) is 4.95. The van der Waals surface area contributed by atoms with Crippen LogP contribution in [0.5, 0.6) is 0 Å². The predicted molar refractivity (Wildman–Crippen MR) is 81.6 cm³/mol. The number of carbonyl (C=O) groups excluding carboxylic acids is 1. The highest BCUT2D eigenvalue weighted by atomic mass is 35.5. The zero-order valence-electron chi connectivity index (χ0n) is 11.2. The van der Waals surface area contributed by atoms with E-state index in [9.17, 15) is 4.79 Å². The van der Waals surface area contributed by atoms with Gasteiger partial charge in [0.1, 0.15) is 0 Å². The molecule has 2 rings (SSSR count). The minimum Gasteiger partial charge on any atom is -0.327 e. The lowest BCUT2D eigenvalue weighted by molar-refractivity contribution is -0.896. The van der Waals surface area contributed by atoms with E-state index in [4.69, 9.17) is 23.2 Å². The van der Waals surface area contributed by atoms with Crippen molar-refractivity contribution in [3.8, 4) is 0 Å². The maximum absolute atomic E-state index is 11.7. The summed E-state index contributed by atoms with van der Waals surface area (Å²) in [6.07, 6.45) is 5.21. The highest BCUT2D eigenvalue weighted by Crippen LogP contribution is 2.19. The molecular formula is C14H18Cl2N3O+. The van der Waals surface area contributed by atoms with Crippen molar-refractivity contribution in [1.29, 1.82) is 0 Å². The van der Waals surface area contributed by atoms with E-state index in [-0.39, 0.29) is 5.91 Å². The molecule has 0 aromatic heterocycles. The molecule has 1 amide bonds. The Hall–Kier alpha value is -1.10. The highest BCUT2D eigenvalue weighted by molar-refractivity contribution is 6.36. The molecule has 1 aliphatic heterocycles. The summed E-state index contributed by atoms with van der Waals surface area (Å²) < 4.78 is 0. The molecule has 1 aromatic carbocycles. The van der Waals surface area contributed by atoms with E-state index in [0.29, 0.717) is 16.6 Å². The number of nitrogens with one attached hydrogen (secondary N) is 2. The van der Waals surface area contributed by atoms with E-state index >= 15 is 0 Å². The van der Waals surface area contributed by atoms with Crippen molar-refractivity contribution in [3.05, 3.63) is 33.8 Å². The average Bonchev–Trinajstić information content (AvgIpc) is 2.42. The van der Waals surface area contributed by atoms with E-state index in [2.05, 4.69) is 10.5 Å². The third-order valence-corrected chi connectivity index (χ3v) is 3.89. The Labute approximate surface area is 128 Å². The van der Waals surface area contributed by atoms with E-state index < -0.39 is 0 Å². The van der Waals surface area contributed by atoms with Crippen molar-refractivity contribution < 1.29 is 9.69 Å². The highest BCUT2D eigenvalue weighted by Gasteiger charge is 2.16. The number of hydrazone groups is 1. The Bertz CT molecular complexity index is 499. The van der Waals surface area contributed by atoms with Gasteiger partial charge >= 0.3 is 0 Å². The fraction of sp³-hybridized carbons (Fsp3) is 0.429. The smallest absolute Gasteiger partial charge is 0.295 e. The number of carbonyl (C=O) groups is 1. The normalized spacial score (nSPS) is 16.5. The van der Waals surface area contributed by atoms with Crippen LogP contribution in [-0.4, -0.2) is 31.8 Å². The van der Waals surface area contributed by atoms with Gasteiger partial charge in [-0.3, -0.25) is 4.79 Å². The van der Waals surface area contributed by atoms with Crippen LogP contribution in [0.3, 0.4) is 0 Å². The molecule has 2 N–H and O–H groups in total. The van der Waals surface area contributed by atoms with Crippen molar-refractivity contribution in [3.63, 3.8) is 0 Å². The summed E-state index contributed by atoms with van der Waals surface area (Å²) >= 11 is 11.8. The van der Waals surface area contributed by atoms with Crippen molar-refractivity contribution in [1.82, 2.24) is 5.43 Å². The van der Waals surface area contributed by atoms with Crippen molar-refractivity contribution in [2.45, 2.75) is 19.3 Å². The zero-order valence-corrected chi connectivity index (χ0v) is 12.7. The topological polar surface area (TPSA) is 45.9 Å². The predicted octanol–water partition coefficient (Wildman–Crippen LogP) is 1.51. The molecule has 0 unspecified atom stereocenters. The number of hydrogen-bond donors (Lipinski definition) is 2. The summed E-state index contributed by atoms with van der Waals surface area (Å²) in [6, 6.07) is 5.13. The Morgan fingerprint density at radius 2 is 2.05 bits per heavy atom. The van der Waals surface area contributed by atoms with Crippen LogP contribution in [0.25, 0.3) is 0 Å². The molecule has 20 heavy (non-hydrogen) atoms. The number of likely N-dealkylation sites (tertiary alicyclic amines) is 1. The van der Waals surface area contributed by atoms with Crippen LogP contribution in [0.1, 0.15) is 24.8 Å². The van der Waals surface area contributed by atoms with Gasteiger partial charge in [0.25, 0.3) is 5.91 Å². The first-order valence-electron chi connectivity index (χ1n) is 6.75. The van der Waals surface area contributed by atoms with Gasteiger partial charge in [-0.2, -0.15) is 5.10 Å². The van der Waals surface area contributed by atoms with Crippen LogP contribution in [0.15, 0.2) is 23.3 Å². The fourth-order valence-corrected chi connectivity index (χ4v) is 2.73. The van der Waals surface area contributed by atoms with E-state index in [1.54, 1.807) is 18.2 Å². The van der Waals surface area contributed by atoms with Gasteiger partial charge < -0.3 is 4.90 Å². The molecule has 0 saturated carbocycles. The molecule has 108 valence electrons. The molecular weight excluding hydrogens is 297 g/mol. The van der Waals surface area contributed by atoms with Gasteiger partial charge in [0.15, 0.2) is 6.54 Å². The largest absolute Gasteiger partial charge is 0.327 e. The van der Waals surface area contributed by atoms with Crippen LogP contribution < -0.4 is 10.3 Å². The summed E-state index contributed by atoms with van der Waals surface area (Å²) in [6.45, 7) is 2.62. The van der Waals surface area contributed by atoms with Gasteiger partial charge in [-0.1, -0.05) is 29.3 Å². The number of nitrogens with zero attached hydrogens (tertiary/aromatic N) is 1. The molecule has 0 atom stereocenters. The van der Waals surface area contributed by atoms with E-state index in [1.165, 1.54) is 30.4 Å². The number of benzene rings is 1. The first-order valence-corrected chi connectivity index (χ1v) is 7.51. The minimum absolute atomic E-state index is 0.0664. The van der Waals surface area contributed by atoms with Gasteiger partial charge in [0, 0.05) is 10.6 Å². The maximum Gasteiger partial charge on any atom is 0.295 e. The van der Waals surface area contributed by atoms with Crippen molar-refractivity contribution in [2.24, 2.45) is 5.10 Å². The molecule has 1 heterocycles. The van der Waals surface area contributed by atoms with Crippen molar-refractivity contribution >= 4 is 35.3 Å². The summed E-state index contributed by atoms with van der Waals surface area (Å²) in [5.41, 5.74) is 3.26. The first kappa shape index (κ1) is 15.3. The summed E-state index contributed by atoms with van der Waals surface area (Å²) in [5.74, 6) is -0.0664. The SMILES string of the molecule is O=C(C[NH+]1CCCCC1)N/N=C\c1ccc(Cl)cc1Cl. The standard InChI is InChI=1S/C14H17Cl2N3O/c15-12-5-4-11(13(16)8-12)9-17-18-14(20)10-19-6-2-1-3-7-19/h4-5,8-9H,1-3,6-7,10H2,(H,18,20)/p+1/b17-9-. The third kappa shape index (κ3) is 4.78. The van der Waals surface area contributed by atoms with Gasteiger partial charge in [0.05, 0.1) is 24.3 Å². The lowest BCUT2D eigenvalue weighted by Crippen LogP contribution is -3.13. The van der Waals surface area contributed by atoms with E-state index in [1.807, 2.05) is 0 Å². The number of rotatable bonds is 4. The lowest BCUT2D eigenvalue weighted by Gasteiger charge is -2.22. The second kappa shape index (κ2) is 7.62. The maximum atomic E-state index is 11.7. The Morgan fingerprint density at radius 1 is 1.30 bits per heavy atom. The number of hydrogen-bond acceptors (Lipinski definition) is 2. The molecule has 4 nitrogen and oxygen atoms in total. The van der Waals surface area contributed by atoms with Crippen LogP contribution in [0, 0.1) is 0 Å². The first-order chi connectivity index (χ1) is 9.65. The zero-order chi connectivity index (χ0) is 14.4. The number of piperidine rings is 1. The van der Waals surface area contributed by atoms with Gasteiger partial charge in [-0.05, 0) is 31.4 Å². The molecule has 1 aliphatic rings. The Kier molecular flexibility index (Phi) is 5.83. The third-order valence-electron chi connectivity index (χ3n) is 3.33. The van der Waals surface area contributed by atoms with Gasteiger partial charge in [0.2, 0.25) is 0 Å². The molecule has 0 spiro atoms. The quantitative estimate of drug-likeness (QED) is 0.642. The Balaban J connectivity index is 1.81. The summed E-state index contributed by atoms with van der Waals surface area (Å²) in [5, 5.41) is 5.02. The Morgan fingerprint density at radius 3 is 2.75 bits per heavy atom. The lowest BCUT2D eigenvalue weighted by atomic mass is 10.1. The molecule has 6 heteroatoms. The average molecular weight is 315 g/mol. The second-order valence-corrected chi connectivity index (χ2v) is 5.79. The summed E-state index contributed by atoms with van der Waals surface area (Å²) in [4.78, 5) is 13.1. The summed E-state index contributed by atoms with van der Waals surface area (Å²) in [7, 11) is 0. The van der Waals surface area contributed by atoms with E-state index in [0.717, 1.165) is 18.7 Å². The van der Waals surface area contributed by atoms with Gasteiger partial charge in [-0.25, -0.2) is 5.43 Å². The number of quaternary nitrogens is 1. The molecule has 0 radical (unpaired) electrons. The molecule has 0 aliphatic carbocycles. The van der Waals surface area contributed by atoms with Crippen molar-refractivity contribution in [2.75, 3.05) is 19.6 Å². The van der Waals surface area contributed by atoms with Gasteiger partial charge in [-0.15, -0.1) is 0 Å². The molecule has 0 bridgehead atoms. The molecule has 1 fully saturated rings. The monoisotopic (exact) mass is 314 g/mol. The van der Waals surface area contributed by atoms with Crippen LogP contribution in [0.4, 0.5) is 0 Å². The molecule has 1 aromatic rings. The fourth-order valence-electron chi connectivity index (χ4n) is 2.28.